The van der Waals surface area contributed by atoms with E-state index in [2.05, 4.69) is 10.9 Å². The van der Waals surface area contributed by atoms with Crippen LogP contribution >= 0.6 is 0 Å². The van der Waals surface area contributed by atoms with Crippen LogP contribution in [0.1, 0.15) is 41.8 Å². The molecular weight excluding hydrogens is 344 g/mol. The zero-order valence-electron chi connectivity index (χ0n) is 15.6. The molecule has 0 radical (unpaired) electrons. The Morgan fingerprint density at radius 3 is 2.44 bits per heavy atom. The smallest absolute Gasteiger partial charge is 0.279 e. The van der Waals surface area contributed by atoms with Gasteiger partial charge in [-0.3, -0.25) is 20.4 Å². The summed E-state index contributed by atoms with van der Waals surface area (Å²) in [5.41, 5.74) is 7.90. The molecule has 2 amide bonds. The van der Waals surface area contributed by atoms with Crippen molar-refractivity contribution in [1.29, 1.82) is 0 Å². The van der Waals surface area contributed by atoms with E-state index in [4.69, 9.17) is 9.47 Å². The fraction of sp³-hybridized carbons (Fsp3) is 0.333. The number of carbonyl (C=O) groups excluding carboxylic acids is 2. The lowest BCUT2D eigenvalue weighted by Gasteiger charge is -2.15. The van der Waals surface area contributed by atoms with Crippen LogP contribution in [0.15, 0.2) is 42.5 Å². The Morgan fingerprint density at radius 1 is 1.00 bits per heavy atom. The summed E-state index contributed by atoms with van der Waals surface area (Å²) in [6.07, 6.45) is 2.42. The quantitative estimate of drug-likeness (QED) is 0.769. The zero-order chi connectivity index (χ0) is 19.2. The molecule has 0 saturated carbocycles. The Morgan fingerprint density at radius 2 is 1.70 bits per heavy atom. The Bertz CT molecular complexity index is 817. The van der Waals surface area contributed by atoms with Gasteiger partial charge in [0.05, 0.1) is 6.61 Å². The van der Waals surface area contributed by atoms with Gasteiger partial charge in [0, 0.05) is 5.56 Å². The Balaban J connectivity index is 1.50. The molecule has 1 atom stereocenters. The molecule has 2 aromatic carbocycles. The molecule has 6 heteroatoms. The van der Waals surface area contributed by atoms with Gasteiger partial charge in [0.2, 0.25) is 0 Å². The van der Waals surface area contributed by atoms with Gasteiger partial charge < -0.3 is 9.47 Å². The number of aryl methyl sites for hydroxylation is 2. The minimum absolute atomic E-state index is 0.341. The molecule has 6 nitrogen and oxygen atoms in total. The number of hydrogen-bond donors (Lipinski definition) is 2. The second kappa shape index (κ2) is 8.58. The van der Waals surface area contributed by atoms with Crippen molar-refractivity contribution in [3.63, 3.8) is 0 Å². The maximum absolute atomic E-state index is 12.2. The Labute approximate surface area is 158 Å². The summed E-state index contributed by atoms with van der Waals surface area (Å²) < 4.78 is 11.0. The van der Waals surface area contributed by atoms with Crippen LogP contribution in [0.2, 0.25) is 0 Å². The van der Waals surface area contributed by atoms with Crippen LogP contribution in [0.4, 0.5) is 0 Å². The van der Waals surface area contributed by atoms with Crippen molar-refractivity contribution < 1.29 is 19.1 Å². The first kappa shape index (κ1) is 18.8. The first-order valence-electron chi connectivity index (χ1n) is 9.18. The van der Waals surface area contributed by atoms with Gasteiger partial charge in [-0.15, -0.1) is 0 Å². The second-order valence-corrected chi connectivity index (χ2v) is 6.44. The van der Waals surface area contributed by atoms with Crippen molar-refractivity contribution in [1.82, 2.24) is 10.9 Å². The number of hydrogen-bond acceptors (Lipinski definition) is 4. The molecule has 27 heavy (non-hydrogen) atoms. The minimum Gasteiger partial charge on any atom is -0.494 e. The van der Waals surface area contributed by atoms with E-state index < -0.39 is 12.0 Å². The van der Waals surface area contributed by atoms with Crippen LogP contribution in [0.25, 0.3) is 0 Å². The number of ether oxygens (including phenoxy) is 2. The zero-order valence-corrected chi connectivity index (χ0v) is 15.6. The highest BCUT2D eigenvalue weighted by Crippen LogP contribution is 2.22. The van der Waals surface area contributed by atoms with E-state index in [9.17, 15) is 9.59 Å². The maximum Gasteiger partial charge on any atom is 0.279 e. The summed E-state index contributed by atoms with van der Waals surface area (Å²) in [4.78, 5) is 24.4. The molecule has 1 aliphatic rings. The molecule has 0 heterocycles. The summed E-state index contributed by atoms with van der Waals surface area (Å²) in [7, 11) is 0. The average molecular weight is 368 g/mol. The first-order chi connectivity index (χ1) is 13.1. The molecule has 1 aliphatic carbocycles. The number of amides is 2. The van der Waals surface area contributed by atoms with E-state index in [1.165, 1.54) is 11.1 Å². The van der Waals surface area contributed by atoms with Crippen molar-refractivity contribution >= 4 is 11.8 Å². The van der Waals surface area contributed by atoms with Crippen molar-refractivity contribution in [2.75, 3.05) is 6.61 Å². The fourth-order valence-corrected chi connectivity index (χ4v) is 3.04. The lowest BCUT2D eigenvalue weighted by Crippen LogP contribution is -2.47. The van der Waals surface area contributed by atoms with Crippen LogP contribution < -0.4 is 20.3 Å². The monoisotopic (exact) mass is 368 g/mol. The van der Waals surface area contributed by atoms with Gasteiger partial charge >= 0.3 is 0 Å². The van der Waals surface area contributed by atoms with Crippen LogP contribution in [-0.2, 0) is 17.6 Å². The molecule has 0 unspecified atom stereocenters. The summed E-state index contributed by atoms with van der Waals surface area (Å²) >= 11 is 0. The molecule has 142 valence electrons. The number of nitrogens with one attached hydrogen (secondary N) is 2. The summed E-state index contributed by atoms with van der Waals surface area (Å²) in [5.74, 6) is 0.513. The highest BCUT2D eigenvalue weighted by atomic mass is 16.5. The average Bonchev–Trinajstić information content (AvgIpc) is 3.15. The fourth-order valence-electron chi connectivity index (χ4n) is 3.04. The third-order valence-electron chi connectivity index (χ3n) is 4.48. The standard InChI is InChI=1S/C21H24N2O4/c1-3-26-18-9-11-19(12-10-18)27-14(2)20(24)22-23-21(25)17-8-7-15-5-4-6-16(15)13-17/h7-14H,3-6H2,1-2H3,(H,22,24)(H,23,25)/t14-/m1/s1. The molecule has 2 N–H and O–H groups in total. The third kappa shape index (κ3) is 4.78. The number of fused-ring (bicyclic) bond motifs is 1. The first-order valence-corrected chi connectivity index (χ1v) is 9.18. The predicted octanol–water partition coefficient (Wildman–Crippen LogP) is 2.80. The Hall–Kier alpha value is -3.02. The van der Waals surface area contributed by atoms with Gasteiger partial charge in [0.1, 0.15) is 11.5 Å². The van der Waals surface area contributed by atoms with Gasteiger partial charge in [0.25, 0.3) is 11.8 Å². The highest BCUT2D eigenvalue weighted by molar-refractivity contribution is 5.96. The molecule has 0 spiro atoms. The van der Waals surface area contributed by atoms with E-state index in [-0.39, 0.29) is 5.91 Å². The number of carbonyl (C=O) groups is 2. The van der Waals surface area contributed by atoms with Crippen molar-refractivity contribution in [3.05, 3.63) is 59.2 Å². The van der Waals surface area contributed by atoms with Crippen molar-refractivity contribution in [3.8, 4) is 11.5 Å². The topological polar surface area (TPSA) is 76.7 Å². The molecular formula is C21H24N2O4. The van der Waals surface area contributed by atoms with E-state index in [1.807, 2.05) is 19.1 Å². The van der Waals surface area contributed by atoms with Crippen LogP contribution in [0.5, 0.6) is 11.5 Å². The van der Waals surface area contributed by atoms with Crippen molar-refractivity contribution in [2.45, 2.75) is 39.2 Å². The van der Waals surface area contributed by atoms with Crippen LogP contribution in [0.3, 0.4) is 0 Å². The van der Waals surface area contributed by atoms with Gasteiger partial charge in [-0.1, -0.05) is 6.07 Å². The van der Waals surface area contributed by atoms with Gasteiger partial charge in [-0.25, -0.2) is 0 Å². The SMILES string of the molecule is CCOc1ccc(O[C@H](C)C(=O)NNC(=O)c2ccc3c(c2)CCC3)cc1. The van der Waals surface area contributed by atoms with Crippen molar-refractivity contribution in [2.24, 2.45) is 0 Å². The van der Waals surface area contributed by atoms with E-state index in [0.29, 0.717) is 17.9 Å². The predicted molar refractivity (Wildman–Crippen MR) is 102 cm³/mol. The van der Waals surface area contributed by atoms with Crippen LogP contribution in [0, 0.1) is 0 Å². The minimum atomic E-state index is -0.761. The highest BCUT2D eigenvalue weighted by Gasteiger charge is 2.17. The molecule has 0 aliphatic heterocycles. The largest absolute Gasteiger partial charge is 0.494 e. The lowest BCUT2D eigenvalue weighted by molar-refractivity contribution is -0.128. The molecule has 3 rings (SSSR count). The summed E-state index contributed by atoms with van der Waals surface area (Å²) in [6.45, 7) is 4.12. The number of benzene rings is 2. The van der Waals surface area contributed by atoms with E-state index in [0.717, 1.165) is 25.0 Å². The molecule has 0 saturated heterocycles. The lowest BCUT2D eigenvalue weighted by atomic mass is 10.1. The van der Waals surface area contributed by atoms with Gasteiger partial charge in [-0.05, 0) is 80.6 Å². The van der Waals surface area contributed by atoms with Crippen LogP contribution in [-0.4, -0.2) is 24.5 Å². The summed E-state index contributed by atoms with van der Waals surface area (Å²) in [5, 5.41) is 0. The molecule has 0 fully saturated rings. The van der Waals surface area contributed by atoms with E-state index >= 15 is 0 Å². The van der Waals surface area contributed by atoms with Gasteiger partial charge in [-0.2, -0.15) is 0 Å². The normalized spacial score (nSPS) is 13.4. The number of hydrazine groups is 1. The maximum atomic E-state index is 12.2. The number of rotatable bonds is 6. The third-order valence-corrected chi connectivity index (χ3v) is 4.48. The summed E-state index contributed by atoms with van der Waals surface area (Å²) in [6, 6.07) is 12.7. The Kier molecular flexibility index (Phi) is 5.96. The molecule has 0 aromatic heterocycles. The van der Waals surface area contributed by atoms with E-state index in [1.54, 1.807) is 37.3 Å². The molecule has 2 aromatic rings. The second-order valence-electron chi connectivity index (χ2n) is 6.44. The molecule has 0 bridgehead atoms. The van der Waals surface area contributed by atoms with Gasteiger partial charge in [0.15, 0.2) is 6.10 Å².